The number of rotatable bonds is 5. The molecule has 0 spiro atoms. The summed E-state index contributed by atoms with van der Waals surface area (Å²) in [4.78, 5) is 0. The van der Waals surface area contributed by atoms with E-state index in [0.717, 1.165) is 12.0 Å². The van der Waals surface area contributed by atoms with Crippen molar-refractivity contribution in [1.29, 1.82) is 0 Å². The molecule has 0 heterocycles. The smallest absolute Gasteiger partial charge is 0.0353 e. The van der Waals surface area contributed by atoms with E-state index in [4.69, 9.17) is 6.42 Å². The van der Waals surface area contributed by atoms with Gasteiger partial charge in [0.25, 0.3) is 0 Å². The average molecular weight is 236 g/mol. The first-order chi connectivity index (χ1) is 8.86. The zero-order chi connectivity index (χ0) is 12.8. The molecule has 2 aromatic rings. The van der Waals surface area contributed by atoms with Crippen molar-refractivity contribution in [2.75, 3.05) is 0 Å². The molecule has 0 nitrogen and oxygen atoms in total. The number of hydrogen-bond donors (Lipinski definition) is 0. The second kappa shape index (κ2) is 6.26. The molecule has 0 unspecified atom stereocenters. The second-order valence-electron chi connectivity index (χ2n) is 4.78. The molecule has 0 bridgehead atoms. The van der Waals surface area contributed by atoms with Crippen LogP contribution in [0, 0.1) is 12.3 Å². The highest BCUT2D eigenvalue weighted by atomic mass is 14.1. The number of benzene rings is 2. The van der Waals surface area contributed by atoms with Crippen LogP contribution in [0.15, 0.2) is 36.4 Å². The molecule has 0 atom stereocenters. The van der Waals surface area contributed by atoms with Gasteiger partial charge in [0.2, 0.25) is 0 Å². The van der Waals surface area contributed by atoms with Crippen molar-refractivity contribution in [2.45, 2.75) is 39.0 Å². The Hall–Kier alpha value is -1.74. The summed E-state index contributed by atoms with van der Waals surface area (Å²) in [5.74, 6) is 2.88. The van der Waals surface area contributed by atoms with Crippen LogP contribution in [0.5, 0.6) is 0 Å². The third-order valence-electron chi connectivity index (χ3n) is 3.46. The van der Waals surface area contributed by atoms with E-state index in [1.54, 1.807) is 0 Å². The Kier molecular flexibility index (Phi) is 4.42. The molecule has 0 radical (unpaired) electrons. The van der Waals surface area contributed by atoms with Gasteiger partial charge in [-0.25, -0.2) is 0 Å². The van der Waals surface area contributed by atoms with Crippen LogP contribution in [0.4, 0.5) is 0 Å². The van der Waals surface area contributed by atoms with E-state index in [-0.39, 0.29) is 0 Å². The van der Waals surface area contributed by atoms with Crippen molar-refractivity contribution < 1.29 is 0 Å². The first-order valence-electron chi connectivity index (χ1n) is 6.84. The molecule has 0 aromatic heterocycles. The summed E-state index contributed by atoms with van der Waals surface area (Å²) >= 11 is 0. The minimum absolute atomic E-state index is 1.09. The largest absolute Gasteiger partial charge is 0.115 e. The number of aryl methyl sites for hydroxylation is 1. The van der Waals surface area contributed by atoms with E-state index in [1.165, 1.54) is 42.0 Å². The first kappa shape index (κ1) is 12.7. The van der Waals surface area contributed by atoms with Gasteiger partial charge in [-0.3, -0.25) is 0 Å². The SMILES string of the molecule is C#Cc1c(CCCCCC)ccc2ccccc12. The highest BCUT2D eigenvalue weighted by Crippen LogP contribution is 2.23. The molecule has 0 aliphatic heterocycles. The fourth-order valence-corrected chi connectivity index (χ4v) is 2.44. The van der Waals surface area contributed by atoms with Gasteiger partial charge in [0.1, 0.15) is 0 Å². The Morgan fingerprint density at radius 2 is 1.83 bits per heavy atom. The Morgan fingerprint density at radius 1 is 1.00 bits per heavy atom. The van der Waals surface area contributed by atoms with E-state index in [2.05, 4.69) is 49.2 Å². The molecule has 0 saturated carbocycles. The van der Waals surface area contributed by atoms with Gasteiger partial charge in [0.05, 0.1) is 0 Å². The molecule has 0 fully saturated rings. The predicted octanol–water partition coefficient (Wildman–Crippen LogP) is 4.94. The van der Waals surface area contributed by atoms with Gasteiger partial charge in [-0.05, 0) is 29.2 Å². The molecule has 0 saturated heterocycles. The predicted molar refractivity (Wildman–Crippen MR) is 79.7 cm³/mol. The van der Waals surface area contributed by atoms with Crippen molar-refractivity contribution in [1.82, 2.24) is 0 Å². The lowest BCUT2D eigenvalue weighted by atomic mass is 9.96. The van der Waals surface area contributed by atoms with Crippen molar-refractivity contribution >= 4 is 10.8 Å². The number of fused-ring (bicyclic) bond motifs is 1. The van der Waals surface area contributed by atoms with E-state index in [0.29, 0.717) is 0 Å². The normalized spacial score (nSPS) is 10.4. The minimum Gasteiger partial charge on any atom is -0.115 e. The number of unbranched alkanes of at least 4 members (excludes halogenated alkanes) is 3. The number of hydrogen-bond acceptors (Lipinski definition) is 0. The van der Waals surface area contributed by atoms with Crippen molar-refractivity contribution in [3.8, 4) is 12.3 Å². The molecule has 0 heteroatoms. The summed E-state index contributed by atoms with van der Waals surface area (Å²) < 4.78 is 0. The van der Waals surface area contributed by atoms with Crippen LogP contribution in [0.3, 0.4) is 0 Å². The lowest BCUT2D eigenvalue weighted by Crippen LogP contribution is -1.92. The standard InChI is InChI=1S/C18H20/c1-3-5-6-7-10-15-13-14-16-11-8-9-12-18(16)17(15)4-2/h2,8-9,11-14H,3,5-7,10H2,1H3. The molecule has 18 heavy (non-hydrogen) atoms. The van der Waals surface area contributed by atoms with Crippen LogP contribution in [0.1, 0.15) is 43.7 Å². The molecule has 0 aliphatic rings. The lowest BCUT2D eigenvalue weighted by molar-refractivity contribution is 0.667. The van der Waals surface area contributed by atoms with E-state index < -0.39 is 0 Å². The molecular weight excluding hydrogens is 216 g/mol. The van der Waals surface area contributed by atoms with Crippen molar-refractivity contribution in [3.05, 3.63) is 47.5 Å². The van der Waals surface area contributed by atoms with E-state index in [9.17, 15) is 0 Å². The molecule has 92 valence electrons. The van der Waals surface area contributed by atoms with Gasteiger partial charge in [-0.2, -0.15) is 0 Å². The Morgan fingerprint density at radius 3 is 2.61 bits per heavy atom. The Labute approximate surface area is 110 Å². The first-order valence-corrected chi connectivity index (χ1v) is 6.84. The molecule has 0 aliphatic carbocycles. The molecule has 2 aromatic carbocycles. The van der Waals surface area contributed by atoms with E-state index >= 15 is 0 Å². The van der Waals surface area contributed by atoms with Crippen molar-refractivity contribution in [2.24, 2.45) is 0 Å². The highest BCUT2D eigenvalue weighted by molar-refractivity contribution is 5.89. The number of terminal acetylenes is 1. The maximum Gasteiger partial charge on any atom is 0.0353 e. The summed E-state index contributed by atoms with van der Waals surface area (Å²) in [5, 5.41) is 2.45. The molecular formula is C18H20. The van der Waals surface area contributed by atoms with Gasteiger partial charge in [-0.1, -0.05) is 68.5 Å². The zero-order valence-corrected chi connectivity index (χ0v) is 11.1. The second-order valence-corrected chi connectivity index (χ2v) is 4.78. The van der Waals surface area contributed by atoms with Crippen molar-refractivity contribution in [3.63, 3.8) is 0 Å². The van der Waals surface area contributed by atoms with Gasteiger partial charge in [-0.15, -0.1) is 6.42 Å². The monoisotopic (exact) mass is 236 g/mol. The van der Waals surface area contributed by atoms with Gasteiger partial charge in [0.15, 0.2) is 0 Å². The fraction of sp³-hybridized carbons (Fsp3) is 0.333. The minimum atomic E-state index is 1.09. The van der Waals surface area contributed by atoms with Crippen LogP contribution >= 0.6 is 0 Å². The maximum absolute atomic E-state index is 5.70. The summed E-state index contributed by atoms with van der Waals surface area (Å²) in [7, 11) is 0. The third-order valence-corrected chi connectivity index (χ3v) is 3.46. The molecule has 2 rings (SSSR count). The third kappa shape index (κ3) is 2.74. The Balaban J connectivity index is 2.25. The quantitative estimate of drug-likeness (QED) is 0.509. The summed E-state index contributed by atoms with van der Waals surface area (Å²) in [6.45, 7) is 2.24. The van der Waals surface area contributed by atoms with Crippen LogP contribution in [-0.4, -0.2) is 0 Å². The van der Waals surface area contributed by atoms with Crippen LogP contribution in [-0.2, 0) is 6.42 Å². The fourth-order valence-electron chi connectivity index (χ4n) is 2.44. The Bertz CT molecular complexity index is 558. The topological polar surface area (TPSA) is 0 Å². The van der Waals surface area contributed by atoms with E-state index in [1.807, 2.05) is 0 Å². The molecule has 0 amide bonds. The summed E-state index contributed by atoms with van der Waals surface area (Å²) in [6, 6.07) is 12.7. The zero-order valence-electron chi connectivity index (χ0n) is 11.1. The molecule has 0 N–H and O–H groups in total. The maximum atomic E-state index is 5.70. The van der Waals surface area contributed by atoms with Gasteiger partial charge in [0, 0.05) is 5.56 Å². The van der Waals surface area contributed by atoms with Gasteiger partial charge < -0.3 is 0 Å². The average Bonchev–Trinajstić information content (AvgIpc) is 2.43. The summed E-state index contributed by atoms with van der Waals surface area (Å²) in [6.07, 6.45) is 11.9. The summed E-state index contributed by atoms with van der Waals surface area (Å²) in [5.41, 5.74) is 2.41. The lowest BCUT2D eigenvalue weighted by Gasteiger charge is -2.08. The van der Waals surface area contributed by atoms with Crippen LogP contribution in [0.25, 0.3) is 10.8 Å². The van der Waals surface area contributed by atoms with Gasteiger partial charge >= 0.3 is 0 Å². The highest BCUT2D eigenvalue weighted by Gasteiger charge is 2.04. The van der Waals surface area contributed by atoms with Crippen LogP contribution in [0.2, 0.25) is 0 Å². The van der Waals surface area contributed by atoms with Crippen LogP contribution < -0.4 is 0 Å².